The molecule has 1 aliphatic carbocycles. The van der Waals surface area contributed by atoms with E-state index < -0.39 is 0 Å². The van der Waals surface area contributed by atoms with E-state index in [-0.39, 0.29) is 5.38 Å². The molecule has 4 rings (SSSR count). The minimum atomic E-state index is 0.223. The highest BCUT2D eigenvalue weighted by Crippen LogP contribution is 2.41. The molecule has 1 unspecified atom stereocenters. The summed E-state index contributed by atoms with van der Waals surface area (Å²) in [6.07, 6.45) is 2.07. The van der Waals surface area contributed by atoms with Crippen molar-refractivity contribution >= 4 is 29.0 Å². The van der Waals surface area contributed by atoms with Gasteiger partial charge in [0.05, 0.1) is 11.1 Å². The molecule has 1 saturated heterocycles. The van der Waals surface area contributed by atoms with Gasteiger partial charge in [0.1, 0.15) is 5.82 Å². The fourth-order valence-corrected chi connectivity index (χ4v) is 3.79. The Balaban J connectivity index is 1.75. The Hall–Kier alpha value is -1.32. The van der Waals surface area contributed by atoms with Gasteiger partial charge in [0.2, 0.25) is 5.28 Å². The molecule has 0 radical (unpaired) electrons. The van der Waals surface area contributed by atoms with E-state index in [2.05, 4.69) is 39.1 Å². The number of fused-ring (bicyclic) bond motifs is 1. The number of alkyl halides is 1. The molecule has 2 heterocycles. The van der Waals surface area contributed by atoms with Crippen molar-refractivity contribution in [2.24, 2.45) is 0 Å². The quantitative estimate of drug-likeness (QED) is 0.625. The first kappa shape index (κ1) is 13.4. The Labute approximate surface area is 133 Å². The summed E-state index contributed by atoms with van der Waals surface area (Å²) in [6.45, 7) is 1.69. The number of hydrogen-bond acceptors (Lipinski definition) is 3. The summed E-state index contributed by atoms with van der Waals surface area (Å²) in [5, 5.41) is 0.560. The first-order valence-electron chi connectivity index (χ1n) is 7.22. The van der Waals surface area contributed by atoms with Crippen LogP contribution in [0.4, 0.5) is 5.82 Å². The summed E-state index contributed by atoms with van der Waals surface area (Å²) in [4.78, 5) is 11.2. The molecule has 108 valence electrons. The number of aromatic nitrogens is 2. The Bertz CT molecular complexity index is 669. The summed E-state index contributed by atoms with van der Waals surface area (Å²) in [6, 6.07) is 10.5. The van der Waals surface area contributed by atoms with Gasteiger partial charge in [-0.1, -0.05) is 30.3 Å². The minimum absolute atomic E-state index is 0.223. The first-order valence-corrected chi connectivity index (χ1v) is 8.04. The summed E-state index contributed by atoms with van der Waals surface area (Å²) in [5.41, 5.74) is 3.64. The van der Waals surface area contributed by atoms with E-state index in [0.717, 1.165) is 37.4 Å². The molecule has 0 N–H and O–H groups in total. The number of benzene rings is 1. The Morgan fingerprint density at radius 3 is 2.57 bits per heavy atom. The van der Waals surface area contributed by atoms with Gasteiger partial charge in [0, 0.05) is 24.6 Å². The van der Waals surface area contributed by atoms with E-state index in [4.69, 9.17) is 23.2 Å². The highest BCUT2D eigenvalue weighted by Gasteiger charge is 2.34. The smallest absolute Gasteiger partial charge is 0.224 e. The van der Waals surface area contributed by atoms with E-state index in [9.17, 15) is 0 Å². The molecule has 1 aliphatic heterocycles. The zero-order chi connectivity index (χ0) is 14.4. The van der Waals surface area contributed by atoms with Crippen molar-refractivity contribution in [2.45, 2.75) is 24.1 Å². The standard InChI is InChI=1S/C16H15Cl2N3/c17-11-8-21(9-11)15-13-7-6-12(10-4-2-1-3-5-10)14(13)19-16(18)20-15/h1-5,11-12H,6-9H2. The van der Waals surface area contributed by atoms with E-state index in [1.165, 1.54) is 11.1 Å². The van der Waals surface area contributed by atoms with Crippen LogP contribution in [-0.4, -0.2) is 28.4 Å². The fourth-order valence-electron chi connectivity index (χ4n) is 3.28. The molecule has 0 spiro atoms. The summed E-state index contributed by atoms with van der Waals surface area (Å²) in [7, 11) is 0. The van der Waals surface area contributed by atoms with Crippen LogP contribution in [-0.2, 0) is 6.42 Å². The zero-order valence-corrected chi connectivity index (χ0v) is 13.0. The van der Waals surface area contributed by atoms with Gasteiger partial charge in [-0.3, -0.25) is 0 Å². The number of rotatable bonds is 2. The fraction of sp³-hybridized carbons (Fsp3) is 0.375. The lowest BCUT2D eigenvalue weighted by Gasteiger charge is -2.37. The van der Waals surface area contributed by atoms with Crippen LogP contribution in [0.2, 0.25) is 5.28 Å². The molecule has 0 bridgehead atoms. The molecule has 2 aliphatic rings. The van der Waals surface area contributed by atoms with Crippen molar-refractivity contribution in [3.05, 3.63) is 52.4 Å². The zero-order valence-electron chi connectivity index (χ0n) is 11.5. The van der Waals surface area contributed by atoms with Crippen LogP contribution >= 0.6 is 23.2 Å². The maximum absolute atomic E-state index is 6.16. The summed E-state index contributed by atoms with van der Waals surface area (Å²) < 4.78 is 0. The maximum Gasteiger partial charge on any atom is 0.224 e. The monoisotopic (exact) mass is 319 g/mol. The predicted octanol–water partition coefficient (Wildman–Crippen LogP) is 3.64. The third-order valence-electron chi connectivity index (χ3n) is 4.34. The van der Waals surface area contributed by atoms with Gasteiger partial charge in [-0.05, 0) is 30.0 Å². The molecule has 5 heteroatoms. The minimum Gasteiger partial charge on any atom is -0.353 e. The van der Waals surface area contributed by atoms with Crippen LogP contribution < -0.4 is 4.90 Å². The Kier molecular flexibility index (Phi) is 3.27. The molecular formula is C16H15Cl2N3. The van der Waals surface area contributed by atoms with E-state index >= 15 is 0 Å². The normalized spacial score (nSPS) is 21.2. The van der Waals surface area contributed by atoms with Crippen molar-refractivity contribution in [3.63, 3.8) is 0 Å². The first-order chi connectivity index (χ1) is 10.2. The number of hydrogen-bond donors (Lipinski definition) is 0. The SMILES string of the molecule is Clc1nc2c(c(N3CC(Cl)C3)n1)CCC2c1ccccc1. The average Bonchev–Trinajstić information content (AvgIpc) is 2.88. The van der Waals surface area contributed by atoms with Crippen molar-refractivity contribution < 1.29 is 0 Å². The van der Waals surface area contributed by atoms with E-state index in [1.54, 1.807) is 0 Å². The third-order valence-corrected chi connectivity index (χ3v) is 4.79. The van der Waals surface area contributed by atoms with Gasteiger partial charge in [0.15, 0.2) is 0 Å². The Morgan fingerprint density at radius 2 is 1.86 bits per heavy atom. The number of nitrogens with zero attached hydrogens (tertiary/aromatic N) is 3. The van der Waals surface area contributed by atoms with Gasteiger partial charge in [-0.15, -0.1) is 11.6 Å². The van der Waals surface area contributed by atoms with Gasteiger partial charge in [-0.25, -0.2) is 9.97 Å². The number of halogens is 2. The molecule has 21 heavy (non-hydrogen) atoms. The van der Waals surface area contributed by atoms with Crippen molar-refractivity contribution in [1.82, 2.24) is 9.97 Å². The lowest BCUT2D eigenvalue weighted by Crippen LogP contribution is -2.48. The second kappa shape index (κ2) is 5.15. The lowest BCUT2D eigenvalue weighted by molar-refractivity contribution is 0.614. The van der Waals surface area contributed by atoms with Crippen molar-refractivity contribution in [1.29, 1.82) is 0 Å². The van der Waals surface area contributed by atoms with Crippen molar-refractivity contribution in [2.75, 3.05) is 18.0 Å². The molecule has 1 atom stereocenters. The van der Waals surface area contributed by atoms with Crippen LogP contribution in [0, 0.1) is 0 Å². The second-order valence-electron chi connectivity index (χ2n) is 5.68. The molecule has 0 saturated carbocycles. The summed E-state index contributed by atoms with van der Waals surface area (Å²) in [5.74, 6) is 1.31. The molecule has 1 aromatic carbocycles. The number of anilines is 1. The van der Waals surface area contributed by atoms with Gasteiger partial charge >= 0.3 is 0 Å². The van der Waals surface area contributed by atoms with Crippen LogP contribution in [0.3, 0.4) is 0 Å². The van der Waals surface area contributed by atoms with Crippen LogP contribution in [0.25, 0.3) is 0 Å². The molecule has 3 nitrogen and oxygen atoms in total. The van der Waals surface area contributed by atoms with Crippen LogP contribution in [0.5, 0.6) is 0 Å². The van der Waals surface area contributed by atoms with Gasteiger partial charge in [0.25, 0.3) is 0 Å². The predicted molar refractivity (Wildman–Crippen MR) is 85.5 cm³/mol. The topological polar surface area (TPSA) is 29.0 Å². The summed E-state index contributed by atoms with van der Waals surface area (Å²) >= 11 is 12.3. The highest BCUT2D eigenvalue weighted by molar-refractivity contribution is 6.28. The van der Waals surface area contributed by atoms with Crippen LogP contribution in [0.15, 0.2) is 30.3 Å². The van der Waals surface area contributed by atoms with Gasteiger partial charge < -0.3 is 4.90 Å². The maximum atomic E-state index is 6.16. The van der Waals surface area contributed by atoms with Gasteiger partial charge in [-0.2, -0.15) is 0 Å². The second-order valence-corrected chi connectivity index (χ2v) is 6.64. The van der Waals surface area contributed by atoms with Crippen molar-refractivity contribution in [3.8, 4) is 0 Å². The average molecular weight is 320 g/mol. The van der Waals surface area contributed by atoms with E-state index in [0.29, 0.717) is 11.2 Å². The lowest BCUT2D eigenvalue weighted by atomic mass is 9.97. The van der Waals surface area contributed by atoms with Crippen LogP contribution in [0.1, 0.15) is 29.2 Å². The molecule has 1 aromatic heterocycles. The molecular weight excluding hydrogens is 305 g/mol. The third kappa shape index (κ3) is 2.29. The molecule has 0 amide bonds. The Morgan fingerprint density at radius 1 is 1.10 bits per heavy atom. The highest BCUT2D eigenvalue weighted by atomic mass is 35.5. The molecule has 1 fully saturated rings. The van der Waals surface area contributed by atoms with E-state index in [1.807, 2.05) is 6.07 Å². The molecule has 2 aromatic rings. The largest absolute Gasteiger partial charge is 0.353 e.